The highest BCUT2D eigenvalue weighted by Gasteiger charge is 2.45. The van der Waals surface area contributed by atoms with Crippen molar-refractivity contribution in [2.75, 3.05) is 0 Å². The van der Waals surface area contributed by atoms with Crippen LogP contribution in [-0.4, -0.2) is 32.4 Å². The third kappa shape index (κ3) is 11.0. The minimum atomic E-state index is -4.82. The van der Waals surface area contributed by atoms with Gasteiger partial charge in [0.2, 0.25) is 0 Å². The third-order valence-corrected chi connectivity index (χ3v) is 5.97. The summed E-state index contributed by atoms with van der Waals surface area (Å²) in [6.45, 7) is 3.60. The Balaban J connectivity index is 3.87. The second-order valence-electron chi connectivity index (χ2n) is 6.70. The zero-order valence-corrected chi connectivity index (χ0v) is 16.5. The van der Waals surface area contributed by atoms with Gasteiger partial charge in [0, 0.05) is 0 Å². The van der Waals surface area contributed by atoms with E-state index in [-0.39, 0.29) is 6.42 Å². The van der Waals surface area contributed by atoms with Crippen LogP contribution in [0.1, 0.15) is 90.9 Å². The fourth-order valence-electron chi connectivity index (χ4n) is 2.59. The molecular formula is C17H36NO6P. The first-order valence-electron chi connectivity index (χ1n) is 9.39. The Hall–Kier alpha value is -0.460. The minimum Gasteiger partial charge on any atom is -0.447 e. The summed E-state index contributed by atoms with van der Waals surface area (Å²) < 4.78 is 16.2. The van der Waals surface area contributed by atoms with Gasteiger partial charge in [-0.25, -0.2) is 0 Å². The first-order chi connectivity index (χ1) is 11.7. The van der Waals surface area contributed by atoms with Crippen LogP contribution in [0.4, 0.5) is 0 Å². The molecule has 0 aliphatic rings. The Bertz CT molecular complexity index is 414. The molecule has 2 atom stereocenters. The van der Waals surface area contributed by atoms with E-state index in [1.807, 2.05) is 0 Å². The lowest BCUT2D eigenvalue weighted by Gasteiger charge is -2.27. The van der Waals surface area contributed by atoms with Crippen LogP contribution in [0.15, 0.2) is 0 Å². The van der Waals surface area contributed by atoms with Gasteiger partial charge in [-0.2, -0.15) is 0 Å². The van der Waals surface area contributed by atoms with Gasteiger partial charge < -0.3 is 19.6 Å². The minimum absolute atomic E-state index is 0.250. The van der Waals surface area contributed by atoms with Crippen molar-refractivity contribution in [3.05, 3.63) is 0 Å². The van der Waals surface area contributed by atoms with Crippen molar-refractivity contribution in [1.82, 2.24) is 0 Å². The van der Waals surface area contributed by atoms with Crippen LogP contribution in [0, 0.1) is 0 Å². The van der Waals surface area contributed by atoms with E-state index >= 15 is 0 Å². The summed E-state index contributed by atoms with van der Waals surface area (Å²) in [6.07, 6.45) is 9.23. The van der Waals surface area contributed by atoms with Gasteiger partial charge in [-0.05, 0) is 19.3 Å². The molecule has 0 spiro atoms. The number of ether oxygens (including phenoxy) is 1. The predicted octanol–water partition coefficient (Wildman–Crippen LogP) is 3.40. The van der Waals surface area contributed by atoms with Crippen molar-refractivity contribution in [3.63, 3.8) is 0 Å². The molecule has 0 aromatic rings. The van der Waals surface area contributed by atoms with Crippen LogP contribution in [0.3, 0.4) is 0 Å². The first-order valence-corrected chi connectivity index (χ1v) is 11.0. The van der Waals surface area contributed by atoms with E-state index in [2.05, 4.69) is 6.92 Å². The number of esters is 1. The maximum absolute atomic E-state index is 11.7. The number of unbranched alkanes of at least 4 members (excludes halogenated alkanes) is 8. The molecule has 8 heteroatoms. The zero-order chi connectivity index (χ0) is 19.3. The maximum atomic E-state index is 11.7. The van der Waals surface area contributed by atoms with Crippen molar-refractivity contribution >= 4 is 13.6 Å². The van der Waals surface area contributed by atoms with E-state index in [1.54, 1.807) is 0 Å². The normalized spacial score (nSPS) is 15.6. The molecule has 0 amide bonds. The van der Waals surface area contributed by atoms with Crippen molar-refractivity contribution in [1.29, 1.82) is 0 Å². The topological polar surface area (TPSA) is 130 Å². The highest BCUT2D eigenvalue weighted by molar-refractivity contribution is 7.53. The molecular weight excluding hydrogens is 345 g/mol. The molecule has 150 valence electrons. The number of aliphatic hydroxyl groups is 1. The van der Waals surface area contributed by atoms with E-state index in [4.69, 9.17) is 20.3 Å². The van der Waals surface area contributed by atoms with E-state index in [9.17, 15) is 14.5 Å². The predicted molar refractivity (Wildman–Crippen MR) is 97.8 cm³/mol. The summed E-state index contributed by atoms with van der Waals surface area (Å²) in [4.78, 5) is 30.0. The Labute approximate surface area is 151 Å². The average Bonchev–Trinajstić information content (AvgIpc) is 2.51. The molecule has 0 radical (unpaired) electrons. The molecule has 0 aliphatic heterocycles. The molecule has 5 N–H and O–H groups in total. The van der Waals surface area contributed by atoms with Crippen LogP contribution in [0.2, 0.25) is 0 Å². The maximum Gasteiger partial charge on any atom is 0.357 e. The summed E-state index contributed by atoms with van der Waals surface area (Å²) in [5.74, 6) is -0.893. The number of nitrogens with two attached hydrogens (primary N) is 1. The number of hydrogen-bond donors (Lipinski definition) is 4. The van der Waals surface area contributed by atoms with Gasteiger partial charge in [-0.15, -0.1) is 0 Å². The van der Waals surface area contributed by atoms with Gasteiger partial charge in [0.25, 0.3) is 0 Å². The fourth-order valence-corrected chi connectivity index (χ4v) is 3.34. The van der Waals surface area contributed by atoms with Crippen molar-refractivity contribution in [2.24, 2.45) is 5.73 Å². The number of hydrogen-bond acceptors (Lipinski definition) is 5. The van der Waals surface area contributed by atoms with Gasteiger partial charge in [0.1, 0.15) is 0 Å². The molecule has 0 bridgehead atoms. The second-order valence-corrected chi connectivity index (χ2v) is 8.62. The molecule has 7 nitrogen and oxygen atoms in total. The molecule has 25 heavy (non-hydrogen) atoms. The molecule has 0 aliphatic carbocycles. The van der Waals surface area contributed by atoms with Gasteiger partial charge >= 0.3 is 13.6 Å². The van der Waals surface area contributed by atoms with E-state index < -0.39 is 31.6 Å². The molecule has 0 heterocycles. The summed E-state index contributed by atoms with van der Waals surface area (Å²) in [5.41, 5.74) is 5.72. The Kier molecular flexibility index (Phi) is 12.6. The summed E-state index contributed by atoms with van der Waals surface area (Å²) in [6, 6.07) is 0. The molecule has 0 saturated carbocycles. The largest absolute Gasteiger partial charge is 0.447 e. The fraction of sp³-hybridized carbons (Fsp3) is 0.941. The number of carbonyl (C=O) groups is 1. The smallest absolute Gasteiger partial charge is 0.357 e. The number of rotatable bonds is 15. The number of carbonyl (C=O) groups excluding carboxylic acids is 1. The second kappa shape index (κ2) is 12.8. The highest BCUT2D eigenvalue weighted by atomic mass is 31.2. The van der Waals surface area contributed by atoms with E-state index in [0.717, 1.165) is 19.3 Å². The van der Waals surface area contributed by atoms with Crippen LogP contribution in [-0.2, 0) is 14.1 Å². The van der Waals surface area contributed by atoms with Crippen LogP contribution >= 0.6 is 7.60 Å². The van der Waals surface area contributed by atoms with Crippen LogP contribution in [0.25, 0.3) is 0 Å². The van der Waals surface area contributed by atoms with Crippen molar-refractivity contribution in [2.45, 2.75) is 102 Å². The van der Waals surface area contributed by atoms with Crippen LogP contribution < -0.4 is 5.73 Å². The van der Waals surface area contributed by atoms with E-state index in [0.29, 0.717) is 6.42 Å². The lowest BCUT2D eigenvalue weighted by atomic mass is 10.1. The summed E-state index contributed by atoms with van der Waals surface area (Å²) in [5, 5.41) is 7.50. The van der Waals surface area contributed by atoms with Gasteiger partial charge in [0.05, 0.1) is 6.42 Å². The lowest BCUT2D eigenvalue weighted by molar-refractivity contribution is -0.152. The van der Waals surface area contributed by atoms with Crippen LogP contribution in [0.5, 0.6) is 0 Å². The van der Waals surface area contributed by atoms with Crippen molar-refractivity contribution in [3.8, 4) is 0 Å². The summed E-state index contributed by atoms with van der Waals surface area (Å²) in [7, 11) is -4.82. The SMILES string of the molecule is CCCCCCCCCCCC(N)OC(=O)CC(O)(CC)P(=O)(O)O. The zero-order valence-electron chi connectivity index (χ0n) is 15.7. The lowest BCUT2D eigenvalue weighted by Crippen LogP contribution is -2.35. The molecule has 0 rings (SSSR count). The summed E-state index contributed by atoms with van der Waals surface area (Å²) >= 11 is 0. The Morgan fingerprint density at radius 3 is 1.96 bits per heavy atom. The van der Waals surface area contributed by atoms with E-state index in [1.165, 1.54) is 45.4 Å². The molecule has 0 saturated heterocycles. The highest BCUT2D eigenvalue weighted by Crippen LogP contribution is 2.52. The van der Waals surface area contributed by atoms with Gasteiger partial charge in [-0.1, -0.05) is 65.2 Å². The van der Waals surface area contributed by atoms with Gasteiger partial charge in [-0.3, -0.25) is 15.1 Å². The van der Waals surface area contributed by atoms with Crippen molar-refractivity contribution < 1.29 is 29.0 Å². The third-order valence-electron chi connectivity index (χ3n) is 4.41. The quantitative estimate of drug-likeness (QED) is 0.148. The average molecular weight is 381 g/mol. The Morgan fingerprint density at radius 2 is 1.52 bits per heavy atom. The first kappa shape index (κ1) is 24.5. The molecule has 0 fully saturated rings. The molecule has 2 unspecified atom stereocenters. The standard InChI is InChI=1S/C17H36NO6P/c1-3-5-6-7-8-9-10-11-12-13-15(18)24-16(19)14-17(20,4-2)25(21,22)23/h15,20H,3-14,18H2,1-2H3,(H2,21,22,23). The molecule has 0 aromatic carbocycles. The molecule has 0 aromatic heterocycles. The Morgan fingerprint density at radius 1 is 1.04 bits per heavy atom. The van der Waals surface area contributed by atoms with Gasteiger partial charge in [0.15, 0.2) is 11.6 Å². The monoisotopic (exact) mass is 381 g/mol.